The van der Waals surface area contributed by atoms with Crippen LogP contribution >= 0.6 is 0 Å². The summed E-state index contributed by atoms with van der Waals surface area (Å²) in [5.74, 6) is 0.257. The minimum atomic E-state index is -0.409. The van der Waals surface area contributed by atoms with Gasteiger partial charge in [-0.05, 0) is 60.7 Å². The molecule has 2 aromatic carbocycles. The number of carbonyl (C=O) groups is 2. The Morgan fingerprint density at radius 2 is 1.52 bits per heavy atom. The van der Waals surface area contributed by atoms with Crippen LogP contribution in [0.25, 0.3) is 0 Å². The van der Waals surface area contributed by atoms with Crippen LogP contribution in [0.4, 0.5) is 0 Å². The lowest BCUT2D eigenvalue weighted by Crippen LogP contribution is -2.37. The lowest BCUT2D eigenvalue weighted by atomic mass is 9.89. The zero-order valence-electron chi connectivity index (χ0n) is 14.1. The first kappa shape index (κ1) is 17.0. The van der Waals surface area contributed by atoms with Crippen molar-refractivity contribution in [2.24, 2.45) is 0 Å². The van der Waals surface area contributed by atoms with Crippen molar-refractivity contribution in [2.45, 2.75) is 18.8 Å². The van der Waals surface area contributed by atoms with Crippen LogP contribution in [0.2, 0.25) is 0 Å². The van der Waals surface area contributed by atoms with E-state index in [4.69, 9.17) is 0 Å². The van der Waals surface area contributed by atoms with Crippen LogP contribution in [0, 0.1) is 0 Å². The number of piperidine rings is 1. The highest BCUT2D eigenvalue weighted by molar-refractivity contribution is 5.96. The Hall–Kier alpha value is -2.82. The number of aromatic hydroxyl groups is 1. The second kappa shape index (κ2) is 7.38. The van der Waals surface area contributed by atoms with Crippen LogP contribution < -0.4 is 0 Å². The third kappa shape index (κ3) is 3.82. The number of amides is 1. The highest BCUT2D eigenvalue weighted by atomic mass is 16.5. The van der Waals surface area contributed by atoms with Crippen molar-refractivity contribution in [3.05, 3.63) is 65.2 Å². The van der Waals surface area contributed by atoms with Crippen LogP contribution in [0.15, 0.2) is 48.5 Å². The van der Waals surface area contributed by atoms with Crippen molar-refractivity contribution in [2.75, 3.05) is 20.2 Å². The molecule has 1 amide bonds. The molecule has 0 unspecified atom stereocenters. The number of carbonyl (C=O) groups excluding carboxylic acids is 2. The molecule has 25 heavy (non-hydrogen) atoms. The number of hydrogen-bond acceptors (Lipinski definition) is 4. The van der Waals surface area contributed by atoms with E-state index in [2.05, 4.69) is 4.74 Å². The van der Waals surface area contributed by atoms with E-state index in [0.29, 0.717) is 30.1 Å². The third-order valence-corrected chi connectivity index (χ3v) is 4.70. The van der Waals surface area contributed by atoms with Gasteiger partial charge in [-0.25, -0.2) is 4.79 Å². The van der Waals surface area contributed by atoms with Gasteiger partial charge in [-0.1, -0.05) is 12.1 Å². The largest absolute Gasteiger partial charge is 0.508 e. The normalized spacial score (nSPS) is 15.0. The minimum Gasteiger partial charge on any atom is -0.508 e. The smallest absolute Gasteiger partial charge is 0.337 e. The number of ether oxygens (including phenoxy) is 1. The summed E-state index contributed by atoms with van der Waals surface area (Å²) >= 11 is 0. The minimum absolute atomic E-state index is 0.0134. The van der Waals surface area contributed by atoms with E-state index in [1.165, 1.54) is 12.7 Å². The Labute approximate surface area is 146 Å². The zero-order valence-corrected chi connectivity index (χ0v) is 14.1. The number of phenolic OH excluding ortho intramolecular Hbond substituents is 1. The van der Waals surface area contributed by atoms with Gasteiger partial charge in [-0.2, -0.15) is 0 Å². The molecule has 2 aromatic rings. The molecule has 0 bridgehead atoms. The number of nitrogens with zero attached hydrogens (tertiary/aromatic N) is 1. The molecule has 1 heterocycles. The van der Waals surface area contributed by atoms with Gasteiger partial charge in [-0.3, -0.25) is 4.79 Å². The monoisotopic (exact) mass is 339 g/mol. The van der Waals surface area contributed by atoms with Crippen LogP contribution in [0.3, 0.4) is 0 Å². The van der Waals surface area contributed by atoms with E-state index < -0.39 is 5.97 Å². The molecule has 1 aliphatic rings. The van der Waals surface area contributed by atoms with Gasteiger partial charge in [-0.15, -0.1) is 0 Å². The van der Waals surface area contributed by atoms with Crippen molar-refractivity contribution in [3.8, 4) is 5.75 Å². The number of methoxy groups -OCH3 is 1. The van der Waals surface area contributed by atoms with E-state index >= 15 is 0 Å². The van der Waals surface area contributed by atoms with E-state index in [9.17, 15) is 14.7 Å². The Bertz CT molecular complexity index is 744. The number of benzene rings is 2. The van der Waals surface area contributed by atoms with Crippen LogP contribution in [-0.2, 0) is 4.74 Å². The Morgan fingerprint density at radius 1 is 0.960 bits per heavy atom. The first-order valence-corrected chi connectivity index (χ1v) is 8.35. The van der Waals surface area contributed by atoms with Crippen molar-refractivity contribution in [1.82, 2.24) is 4.90 Å². The van der Waals surface area contributed by atoms with Gasteiger partial charge in [0.1, 0.15) is 5.75 Å². The first-order chi connectivity index (χ1) is 12.1. The molecule has 5 nitrogen and oxygen atoms in total. The Balaban J connectivity index is 1.61. The molecular formula is C20H21NO4. The van der Waals surface area contributed by atoms with Crippen LogP contribution in [0.1, 0.15) is 45.0 Å². The van der Waals surface area contributed by atoms with Crippen molar-refractivity contribution in [3.63, 3.8) is 0 Å². The maximum absolute atomic E-state index is 12.6. The Morgan fingerprint density at radius 3 is 2.08 bits per heavy atom. The third-order valence-electron chi connectivity index (χ3n) is 4.70. The highest BCUT2D eigenvalue weighted by Crippen LogP contribution is 2.29. The molecule has 0 saturated carbocycles. The van der Waals surface area contributed by atoms with Gasteiger partial charge < -0.3 is 14.7 Å². The molecule has 3 rings (SSSR count). The van der Waals surface area contributed by atoms with Crippen molar-refractivity contribution >= 4 is 11.9 Å². The number of rotatable bonds is 3. The predicted octanol–water partition coefficient (Wildman–Crippen LogP) is 3.20. The molecular weight excluding hydrogens is 318 g/mol. The maximum atomic E-state index is 12.6. The first-order valence-electron chi connectivity index (χ1n) is 8.35. The SMILES string of the molecule is COC(=O)c1ccc(C(=O)N2CCC(c3ccc(O)cc3)CC2)cc1. The van der Waals surface area contributed by atoms with Gasteiger partial charge in [0, 0.05) is 18.7 Å². The van der Waals surface area contributed by atoms with E-state index in [-0.39, 0.29) is 11.7 Å². The van der Waals surface area contributed by atoms with Gasteiger partial charge in [0.2, 0.25) is 0 Å². The number of likely N-dealkylation sites (tertiary alicyclic amines) is 1. The molecule has 1 fully saturated rings. The lowest BCUT2D eigenvalue weighted by molar-refractivity contribution is 0.0599. The van der Waals surface area contributed by atoms with Gasteiger partial charge in [0.05, 0.1) is 12.7 Å². The van der Waals surface area contributed by atoms with E-state index in [0.717, 1.165) is 12.8 Å². The summed E-state index contributed by atoms with van der Waals surface area (Å²) in [5, 5.41) is 9.38. The fourth-order valence-electron chi connectivity index (χ4n) is 3.21. The van der Waals surface area contributed by atoms with E-state index in [1.54, 1.807) is 36.4 Å². The fourth-order valence-corrected chi connectivity index (χ4v) is 3.21. The standard InChI is InChI=1S/C20H21NO4/c1-25-20(24)17-4-2-16(3-5-17)19(23)21-12-10-15(11-13-21)14-6-8-18(22)9-7-14/h2-9,15,22H,10-13H2,1H3. The summed E-state index contributed by atoms with van der Waals surface area (Å²) in [4.78, 5) is 25.9. The number of phenols is 1. The molecule has 0 spiro atoms. The second-order valence-electron chi connectivity index (χ2n) is 6.23. The number of hydrogen-bond donors (Lipinski definition) is 1. The van der Waals surface area contributed by atoms with E-state index in [1.807, 2.05) is 17.0 Å². The molecule has 0 atom stereocenters. The Kier molecular flexibility index (Phi) is 5.03. The molecule has 5 heteroatoms. The second-order valence-corrected chi connectivity index (χ2v) is 6.23. The summed E-state index contributed by atoms with van der Waals surface area (Å²) in [6.45, 7) is 1.40. The molecule has 1 N–H and O–H groups in total. The van der Waals surface area contributed by atoms with Gasteiger partial charge in [0.25, 0.3) is 5.91 Å². The van der Waals surface area contributed by atoms with Gasteiger partial charge in [0.15, 0.2) is 0 Å². The summed E-state index contributed by atoms with van der Waals surface area (Å²) in [5.41, 5.74) is 2.22. The fraction of sp³-hybridized carbons (Fsp3) is 0.300. The number of esters is 1. The quantitative estimate of drug-likeness (QED) is 0.872. The predicted molar refractivity (Wildman–Crippen MR) is 93.8 cm³/mol. The van der Waals surface area contributed by atoms with Crippen molar-refractivity contribution in [1.29, 1.82) is 0 Å². The topological polar surface area (TPSA) is 66.8 Å². The molecule has 1 aliphatic heterocycles. The molecule has 0 aliphatic carbocycles. The molecule has 130 valence electrons. The summed E-state index contributed by atoms with van der Waals surface area (Å²) in [6, 6.07) is 13.9. The average molecular weight is 339 g/mol. The summed E-state index contributed by atoms with van der Waals surface area (Å²) < 4.78 is 4.66. The zero-order chi connectivity index (χ0) is 17.8. The van der Waals surface area contributed by atoms with Gasteiger partial charge >= 0.3 is 5.97 Å². The average Bonchev–Trinajstić information content (AvgIpc) is 2.67. The van der Waals surface area contributed by atoms with Crippen molar-refractivity contribution < 1.29 is 19.4 Å². The molecule has 1 saturated heterocycles. The lowest BCUT2D eigenvalue weighted by Gasteiger charge is -2.32. The maximum Gasteiger partial charge on any atom is 0.337 e. The molecule has 0 radical (unpaired) electrons. The highest BCUT2D eigenvalue weighted by Gasteiger charge is 2.24. The van der Waals surface area contributed by atoms with Crippen LogP contribution in [-0.4, -0.2) is 42.1 Å². The summed E-state index contributed by atoms with van der Waals surface area (Å²) in [6.07, 6.45) is 1.80. The summed E-state index contributed by atoms with van der Waals surface area (Å²) in [7, 11) is 1.33. The van der Waals surface area contributed by atoms with Crippen LogP contribution in [0.5, 0.6) is 5.75 Å². The molecule has 0 aromatic heterocycles.